The van der Waals surface area contributed by atoms with Crippen molar-refractivity contribution in [2.75, 3.05) is 26.2 Å². The van der Waals surface area contributed by atoms with Gasteiger partial charge >= 0.3 is 6.18 Å². The zero-order valence-electron chi connectivity index (χ0n) is 18.0. The third-order valence-corrected chi connectivity index (χ3v) is 6.47. The van der Waals surface area contributed by atoms with E-state index in [0.29, 0.717) is 19.2 Å². The lowest BCUT2D eigenvalue weighted by atomic mass is 10.1. The number of nitrogens with one attached hydrogen (secondary N) is 2. The summed E-state index contributed by atoms with van der Waals surface area (Å²) in [5.74, 6) is -1.27. The molecule has 1 aliphatic heterocycles. The topological polar surface area (TPSA) is 126 Å². The number of rotatable bonds is 8. The lowest BCUT2D eigenvalue weighted by Crippen LogP contribution is -2.37. The molecule has 0 unspecified atom stereocenters. The van der Waals surface area contributed by atoms with Crippen molar-refractivity contribution in [2.24, 2.45) is 10.9 Å². The summed E-state index contributed by atoms with van der Waals surface area (Å²) in [7, 11) is -3.69. The summed E-state index contributed by atoms with van der Waals surface area (Å²) in [6.07, 6.45) is -2.35. The van der Waals surface area contributed by atoms with Gasteiger partial charge in [0, 0.05) is 18.7 Å². The van der Waals surface area contributed by atoms with E-state index in [1.165, 1.54) is 30.3 Å². The molecule has 0 aliphatic carbocycles. The average molecular weight is 500 g/mol. The van der Waals surface area contributed by atoms with Gasteiger partial charge < -0.3 is 15.5 Å². The first-order chi connectivity index (χ1) is 16.0. The summed E-state index contributed by atoms with van der Waals surface area (Å²) in [6, 6.07) is 9.14. The van der Waals surface area contributed by atoms with Crippen molar-refractivity contribution in [3.8, 4) is 5.75 Å². The van der Waals surface area contributed by atoms with Crippen LogP contribution in [0.1, 0.15) is 28.8 Å². The van der Waals surface area contributed by atoms with Gasteiger partial charge in [0.05, 0.1) is 10.5 Å². The Morgan fingerprint density at radius 1 is 1.12 bits per heavy atom. The number of likely N-dealkylation sites (tertiary alicyclic amines) is 1. The molecule has 4 N–H and O–H groups in total. The molecule has 1 aliphatic rings. The fourth-order valence-corrected chi connectivity index (χ4v) is 4.28. The number of nitrogens with two attached hydrogens (primary N) is 1. The van der Waals surface area contributed by atoms with Crippen LogP contribution in [0, 0.1) is 0 Å². The van der Waals surface area contributed by atoms with Crippen molar-refractivity contribution in [3.05, 3.63) is 59.7 Å². The van der Waals surface area contributed by atoms with Crippen LogP contribution in [0.15, 0.2) is 58.6 Å². The van der Waals surface area contributed by atoms with Gasteiger partial charge in [0.2, 0.25) is 16.0 Å². The highest BCUT2D eigenvalue weighted by Gasteiger charge is 2.31. The minimum Gasteiger partial charge on any atom is -0.367 e. The van der Waals surface area contributed by atoms with E-state index in [1.807, 2.05) is 0 Å². The molecule has 3 rings (SSSR count). The number of halogens is 3. The zero-order valence-corrected chi connectivity index (χ0v) is 18.8. The largest absolute Gasteiger partial charge is 0.416 e. The Balaban J connectivity index is 1.53. The second-order valence-electron chi connectivity index (χ2n) is 7.52. The summed E-state index contributed by atoms with van der Waals surface area (Å²) < 4.78 is 65.7. The van der Waals surface area contributed by atoms with Gasteiger partial charge in [0.25, 0.3) is 5.91 Å². The molecule has 13 heteroatoms. The van der Waals surface area contributed by atoms with Crippen molar-refractivity contribution < 1.29 is 31.2 Å². The molecule has 0 spiro atoms. The SMILES string of the molecule is NC(=NOc1ccc(S(=O)(=O)NCCN2CCCC2)cc1)NC(=O)c1cccc(C(F)(F)F)c1. The third kappa shape index (κ3) is 7.17. The lowest BCUT2D eigenvalue weighted by Gasteiger charge is -2.14. The van der Waals surface area contributed by atoms with E-state index >= 15 is 0 Å². The summed E-state index contributed by atoms with van der Waals surface area (Å²) in [5.41, 5.74) is 4.31. The average Bonchev–Trinajstić information content (AvgIpc) is 3.31. The molecule has 2 aromatic carbocycles. The summed E-state index contributed by atoms with van der Waals surface area (Å²) >= 11 is 0. The van der Waals surface area contributed by atoms with Crippen LogP contribution >= 0.6 is 0 Å². The number of sulfonamides is 1. The van der Waals surface area contributed by atoms with E-state index in [2.05, 4.69) is 20.1 Å². The van der Waals surface area contributed by atoms with Crippen molar-refractivity contribution in [3.63, 3.8) is 0 Å². The third-order valence-electron chi connectivity index (χ3n) is 5.00. The molecular formula is C21H24F3N5O4S. The fourth-order valence-electron chi connectivity index (χ4n) is 3.26. The van der Waals surface area contributed by atoms with Crippen LogP contribution in [0.3, 0.4) is 0 Å². The first-order valence-electron chi connectivity index (χ1n) is 10.4. The van der Waals surface area contributed by atoms with Gasteiger partial charge in [-0.3, -0.25) is 10.1 Å². The van der Waals surface area contributed by atoms with Gasteiger partial charge in [-0.15, -0.1) is 0 Å². The molecule has 2 aromatic rings. The summed E-state index contributed by atoms with van der Waals surface area (Å²) in [5, 5.41) is 5.60. The minimum absolute atomic E-state index is 0.0380. The lowest BCUT2D eigenvalue weighted by molar-refractivity contribution is -0.137. The molecule has 0 aromatic heterocycles. The number of alkyl halides is 3. The molecule has 1 saturated heterocycles. The molecule has 1 amide bonds. The molecule has 9 nitrogen and oxygen atoms in total. The maximum Gasteiger partial charge on any atom is 0.416 e. The van der Waals surface area contributed by atoms with Gasteiger partial charge in [0.1, 0.15) is 0 Å². The maximum atomic E-state index is 12.8. The number of nitrogens with zero attached hydrogens (tertiary/aromatic N) is 2. The number of hydrogen-bond acceptors (Lipinski definition) is 6. The van der Waals surface area contributed by atoms with Crippen molar-refractivity contribution in [1.29, 1.82) is 0 Å². The van der Waals surface area contributed by atoms with E-state index in [9.17, 15) is 26.4 Å². The Morgan fingerprint density at radius 2 is 1.79 bits per heavy atom. The molecule has 0 radical (unpaired) electrons. The molecular weight excluding hydrogens is 475 g/mol. The van der Waals surface area contributed by atoms with E-state index < -0.39 is 33.6 Å². The number of benzene rings is 2. The molecule has 1 heterocycles. The predicted octanol–water partition coefficient (Wildman–Crippen LogP) is 2.12. The van der Waals surface area contributed by atoms with E-state index in [0.717, 1.165) is 38.1 Å². The molecule has 0 saturated carbocycles. The van der Waals surface area contributed by atoms with Crippen LogP contribution in [0.2, 0.25) is 0 Å². The number of guanidine groups is 1. The van der Waals surface area contributed by atoms with Crippen LogP contribution in [0.5, 0.6) is 5.75 Å². The Kier molecular flexibility index (Phi) is 8.12. The second kappa shape index (κ2) is 10.8. The zero-order chi connectivity index (χ0) is 24.8. The highest BCUT2D eigenvalue weighted by molar-refractivity contribution is 7.89. The maximum absolute atomic E-state index is 12.8. The van der Waals surface area contributed by atoms with Crippen LogP contribution in [-0.4, -0.2) is 51.4 Å². The van der Waals surface area contributed by atoms with Crippen molar-refractivity contribution in [1.82, 2.24) is 14.9 Å². The number of hydrogen-bond donors (Lipinski definition) is 3. The molecule has 0 atom stereocenters. The van der Waals surface area contributed by atoms with Gasteiger partial charge in [-0.25, -0.2) is 13.1 Å². The van der Waals surface area contributed by atoms with Crippen molar-refractivity contribution >= 4 is 21.9 Å². The second-order valence-corrected chi connectivity index (χ2v) is 9.29. The summed E-state index contributed by atoms with van der Waals surface area (Å²) in [6.45, 7) is 2.88. The van der Waals surface area contributed by atoms with Crippen LogP contribution < -0.4 is 20.6 Å². The number of carbonyl (C=O) groups excluding carboxylic acids is 1. The Morgan fingerprint density at radius 3 is 2.44 bits per heavy atom. The predicted molar refractivity (Wildman–Crippen MR) is 118 cm³/mol. The number of oxime groups is 1. The standard InChI is InChI=1S/C21H24F3N5O4S/c22-21(23,24)16-5-3-4-15(14-16)19(30)27-20(25)28-33-17-6-8-18(9-7-17)34(31,32)26-10-13-29-11-1-2-12-29/h3-9,14,26H,1-2,10-13H2,(H3,25,27,28,30). The van der Waals surface area contributed by atoms with E-state index in [-0.39, 0.29) is 16.2 Å². The first kappa shape index (κ1) is 25.5. The Labute approximate surface area is 194 Å². The quantitative estimate of drug-likeness (QED) is 0.290. The highest BCUT2D eigenvalue weighted by atomic mass is 32.2. The van der Waals surface area contributed by atoms with Gasteiger partial charge in [-0.05, 0) is 73.6 Å². The Bertz CT molecular complexity index is 1130. The number of amides is 1. The first-order valence-corrected chi connectivity index (χ1v) is 11.8. The van der Waals surface area contributed by atoms with Gasteiger partial charge in [-0.1, -0.05) is 6.07 Å². The summed E-state index contributed by atoms with van der Waals surface area (Å²) in [4.78, 5) is 19.4. The fraction of sp³-hybridized carbons (Fsp3) is 0.333. The van der Waals surface area contributed by atoms with Gasteiger partial charge in [-0.2, -0.15) is 13.2 Å². The normalized spacial score (nSPS) is 15.3. The minimum atomic E-state index is -4.60. The van der Waals surface area contributed by atoms with Gasteiger partial charge in [0.15, 0.2) is 5.75 Å². The van der Waals surface area contributed by atoms with Crippen LogP contribution in [-0.2, 0) is 16.2 Å². The smallest absolute Gasteiger partial charge is 0.367 e. The molecule has 0 bridgehead atoms. The molecule has 184 valence electrons. The molecule has 34 heavy (non-hydrogen) atoms. The van der Waals surface area contributed by atoms with E-state index in [4.69, 9.17) is 10.6 Å². The Hall–Kier alpha value is -3.16. The highest BCUT2D eigenvalue weighted by Crippen LogP contribution is 2.29. The van der Waals surface area contributed by atoms with E-state index in [1.54, 1.807) is 0 Å². The van der Waals surface area contributed by atoms with Crippen LogP contribution in [0.4, 0.5) is 13.2 Å². The molecule has 1 fully saturated rings. The monoisotopic (exact) mass is 499 g/mol. The number of carbonyl (C=O) groups is 1. The van der Waals surface area contributed by atoms with Crippen LogP contribution in [0.25, 0.3) is 0 Å². The van der Waals surface area contributed by atoms with Crippen molar-refractivity contribution in [2.45, 2.75) is 23.9 Å².